The van der Waals surface area contributed by atoms with Gasteiger partial charge in [-0.2, -0.15) is 5.26 Å². The summed E-state index contributed by atoms with van der Waals surface area (Å²) in [6.45, 7) is 23.2. The average Bonchev–Trinajstić information content (AvgIpc) is 1.61. The van der Waals surface area contributed by atoms with Gasteiger partial charge in [-0.25, -0.2) is 43.1 Å². The van der Waals surface area contributed by atoms with Crippen molar-refractivity contribution in [3.63, 3.8) is 0 Å². The van der Waals surface area contributed by atoms with E-state index in [0.717, 1.165) is 203 Å². The first-order chi connectivity index (χ1) is 69.4. The molecule has 37 heteroatoms. The molecule has 0 unspecified atom stereocenters. The zero-order valence-corrected chi connectivity index (χ0v) is 87.9. The molecule has 9 aliphatic rings. The molecule has 6 aromatic carbocycles. The number of ether oxygens (including phenoxy) is 2. The van der Waals surface area contributed by atoms with Crippen LogP contribution in [0.3, 0.4) is 0 Å². The number of aliphatic hydroxyl groups is 6. The minimum Gasteiger partial charge on any atom is -0.496 e. The molecule has 6 amide bonds. The smallest absolute Gasteiger partial charge is 0.229 e. The SMILES string of the molecule is CC(C)(O)CC(=O)Nc1nc2ccc(C3CC3)c(F)c2n1C1CCC1.CC(C)(O)CC(=O)Nc1nc2ccc(C3CC3)c(F)c2n1C1CCC1.CC(C)(O)CC(=O)Nc1nc2ccc(C3CC3)c(F)c2n1C1CCC1.CC(C)(O)CC(=O)Nc1nc2ccc(Cl)c(C#N)c2n1C1CCC1.COc1cc2nc(NC(=O)CC(C)(C)O)n(C3CCC3)c2cc1C.COc1cc2nc(NC(=O)CC(C)(C)O)n(C3CCC3)c2cc1C. The number of nitrogens with one attached hydrogen (secondary N) is 6. The number of fused-ring (bicyclic) bond motifs is 6. The number of nitrogens with zero attached hydrogens (tertiary/aromatic N) is 13. The topological polar surface area (TPSA) is 445 Å². The van der Waals surface area contributed by atoms with Crippen LogP contribution in [0.5, 0.6) is 11.5 Å². The van der Waals surface area contributed by atoms with Crippen LogP contribution in [0, 0.1) is 42.6 Å². The first kappa shape index (κ1) is 108. The highest BCUT2D eigenvalue weighted by Crippen LogP contribution is 2.51. The van der Waals surface area contributed by atoms with E-state index in [1.165, 1.54) is 12.8 Å². The fourth-order valence-corrected chi connectivity index (χ4v) is 19.9. The largest absolute Gasteiger partial charge is 0.496 e. The summed E-state index contributed by atoms with van der Waals surface area (Å²) in [7, 11) is 3.28. The molecule has 788 valence electrons. The Morgan fingerprint density at radius 2 is 0.551 bits per heavy atom. The van der Waals surface area contributed by atoms with E-state index in [4.69, 9.17) is 21.1 Å². The van der Waals surface area contributed by atoms with Crippen LogP contribution in [0.2, 0.25) is 5.02 Å². The van der Waals surface area contributed by atoms with Gasteiger partial charge in [-0.05, 0) is 339 Å². The number of nitriles is 1. The Morgan fingerprint density at radius 3 is 0.762 bits per heavy atom. The third-order valence-corrected chi connectivity index (χ3v) is 28.9. The standard InChI is InChI=1S/3C19H24FN3O2.2C18H25N3O3.C17H19ClN4O2/c3*1-19(2,25)10-15(24)22-18-21-14-9-8-13(11-6-7-11)16(20)17(14)23(18)12-4-3-5-12;2*1-11-8-14-13(9-15(11)24-4)19-17(21(14)12-6-5-7-12)20-16(22)10-18(2,3)23;1-17(2,24)8-14(23)21-16-20-13-7-6-12(18)11(9-19)15(13)22(16)10-4-3-5-10/h3*8-9,11-12,25H,3-7,10H2,1-2H3,(H,21,22,24);2*8-9,12,23H,5-7,10H2,1-4H3,(H,19,20,22);6-7,10,24H,3-5,8H2,1-2H3,(H,20,21,23). The number of carbonyl (C=O) groups is 6. The van der Waals surface area contributed by atoms with E-state index in [-0.39, 0.29) is 116 Å². The molecule has 0 aliphatic heterocycles. The van der Waals surface area contributed by atoms with Gasteiger partial charge in [0, 0.05) is 48.4 Å². The van der Waals surface area contributed by atoms with E-state index in [9.17, 15) is 64.7 Å². The lowest BCUT2D eigenvalue weighted by atomic mass is 9.92. The predicted molar refractivity (Wildman–Crippen MR) is 561 cm³/mol. The fourth-order valence-electron chi connectivity index (χ4n) is 19.7. The first-order valence-corrected chi connectivity index (χ1v) is 52.2. The van der Waals surface area contributed by atoms with E-state index in [0.29, 0.717) is 120 Å². The van der Waals surface area contributed by atoms with E-state index in [1.807, 2.05) is 80.6 Å². The van der Waals surface area contributed by atoms with E-state index in [1.54, 1.807) is 109 Å². The number of aryl methyl sites for hydroxylation is 2. The third kappa shape index (κ3) is 25.7. The summed E-state index contributed by atoms with van der Waals surface area (Å²) in [6, 6.07) is 26.0. The van der Waals surface area contributed by atoms with Crippen molar-refractivity contribution >= 4 is 149 Å². The fraction of sp³-hybridized carbons (Fsp3) is 0.555. The van der Waals surface area contributed by atoms with Gasteiger partial charge in [-0.3, -0.25) is 60.7 Å². The molecule has 12 aromatic rings. The molecule has 0 spiro atoms. The van der Waals surface area contributed by atoms with Crippen molar-refractivity contribution in [2.24, 2.45) is 0 Å². The lowest BCUT2D eigenvalue weighted by molar-refractivity contribution is -0.121. The number of benzene rings is 6. The van der Waals surface area contributed by atoms with Crippen LogP contribution in [0.15, 0.2) is 72.8 Å². The number of anilines is 6. The highest BCUT2D eigenvalue weighted by molar-refractivity contribution is 6.32. The minimum absolute atomic E-state index is 0.0310. The van der Waals surface area contributed by atoms with Crippen molar-refractivity contribution in [3.8, 4) is 17.6 Å². The van der Waals surface area contributed by atoms with Crippen LogP contribution < -0.4 is 41.4 Å². The molecular formula is C110H141ClF3N19O14. The summed E-state index contributed by atoms with van der Waals surface area (Å²) >= 11 is 6.16. The Hall–Kier alpha value is -12.1. The molecule has 12 N–H and O–H groups in total. The van der Waals surface area contributed by atoms with Crippen LogP contribution in [0.1, 0.15) is 363 Å². The Labute approximate surface area is 858 Å². The number of hydrogen-bond donors (Lipinski definition) is 12. The van der Waals surface area contributed by atoms with Gasteiger partial charge < -0.3 is 67.5 Å². The molecule has 33 nitrogen and oxygen atoms in total. The summed E-state index contributed by atoms with van der Waals surface area (Å²) in [5.41, 5.74) is 6.45. The molecule has 147 heavy (non-hydrogen) atoms. The Bertz CT molecular complexity index is 6540. The second-order valence-corrected chi connectivity index (χ2v) is 45.8. The third-order valence-electron chi connectivity index (χ3n) is 28.5. The Balaban J connectivity index is 0.000000126. The van der Waals surface area contributed by atoms with Gasteiger partial charge in [0.05, 0.1) is 147 Å². The number of halogens is 4. The molecule has 0 saturated heterocycles. The summed E-state index contributed by atoms with van der Waals surface area (Å²) in [5, 5.41) is 85.7. The second kappa shape index (κ2) is 43.2. The molecule has 9 aliphatic carbocycles. The van der Waals surface area contributed by atoms with E-state index in [2.05, 4.69) is 89.1 Å². The molecule has 9 fully saturated rings. The maximum atomic E-state index is 15.1. The van der Waals surface area contributed by atoms with E-state index < -0.39 is 33.6 Å². The number of imidazole rings is 6. The molecular weight excluding hydrogens is 1900 g/mol. The monoisotopic (exact) mass is 2040 g/mol. The zero-order chi connectivity index (χ0) is 106. The van der Waals surface area contributed by atoms with Gasteiger partial charge >= 0.3 is 0 Å². The van der Waals surface area contributed by atoms with Gasteiger partial charge in [-0.15, -0.1) is 0 Å². The molecule has 0 radical (unpaired) electrons. The number of aromatic nitrogens is 12. The predicted octanol–water partition coefficient (Wildman–Crippen LogP) is 21.4. The van der Waals surface area contributed by atoms with Crippen LogP contribution in [-0.2, 0) is 28.8 Å². The van der Waals surface area contributed by atoms with Crippen molar-refractivity contribution < 1.29 is 82.1 Å². The van der Waals surface area contributed by atoms with Gasteiger partial charge in [0.25, 0.3) is 0 Å². The van der Waals surface area contributed by atoms with Crippen LogP contribution in [0.25, 0.3) is 66.2 Å². The molecule has 6 aromatic heterocycles. The summed E-state index contributed by atoms with van der Waals surface area (Å²) in [5.74, 6) is 2.92. The molecule has 0 atom stereocenters. The lowest BCUT2D eigenvalue weighted by Gasteiger charge is -2.29. The van der Waals surface area contributed by atoms with Crippen molar-refractivity contribution in [1.82, 2.24) is 57.3 Å². The van der Waals surface area contributed by atoms with E-state index >= 15 is 13.2 Å². The van der Waals surface area contributed by atoms with Crippen molar-refractivity contribution in [1.29, 1.82) is 5.26 Å². The maximum absolute atomic E-state index is 15.1. The molecule has 21 rings (SSSR count). The highest BCUT2D eigenvalue weighted by atomic mass is 35.5. The van der Waals surface area contributed by atoms with Crippen molar-refractivity contribution in [2.45, 2.75) is 377 Å². The minimum atomic E-state index is -1.10. The van der Waals surface area contributed by atoms with Crippen molar-refractivity contribution in [3.05, 3.63) is 129 Å². The van der Waals surface area contributed by atoms with Crippen molar-refractivity contribution in [2.75, 3.05) is 46.1 Å². The first-order valence-electron chi connectivity index (χ1n) is 51.8. The van der Waals surface area contributed by atoms with Crippen LogP contribution in [0.4, 0.5) is 48.9 Å². The number of hydrogen-bond acceptors (Lipinski definition) is 21. The van der Waals surface area contributed by atoms with Crippen LogP contribution in [-0.4, -0.2) is 171 Å². The zero-order valence-electron chi connectivity index (χ0n) is 87.1. The Morgan fingerprint density at radius 1 is 0.340 bits per heavy atom. The van der Waals surface area contributed by atoms with Crippen LogP contribution >= 0.6 is 11.6 Å². The summed E-state index contributed by atoms with van der Waals surface area (Å²) in [6.07, 6.45) is 25.0. The quantitative estimate of drug-likeness (QED) is 0.0207. The molecule has 0 bridgehead atoms. The van der Waals surface area contributed by atoms with Gasteiger partial charge in [0.15, 0.2) is 17.5 Å². The summed E-state index contributed by atoms with van der Waals surface area (Å²) in [4.78, 5) is 100. The summed E-state index contributed by atoms with van der Waals surface area (Å²) < 4.78 is 67.9. The number of carbonyl (C=O) groups excluding carboxylic acids is 6. The Kier molecular flexibility index (Phi) is 31.6. The number of methoxy groups -OCH3 is 2. The number of amides is 6. The lowest BCUT2D eigenvalue weighted by Crippen LogP contribution is -2.29. The highest BCUT2D eigenvalue weighted by Gasteiger charge is 2.40. The number of rotatable bonds is 29. The van der Waals surface area contributed by atoms with Gasteiger partial charge in [-0.1, -0.05) is 29.8 Å². The second-order valence-electron chi connectivity index (χ2n) is 45.4. The van der Waals surface area contributed by atoms with Gasteiger partial charge in [0.1, 0.15) is 34.1 Å². The van der Waals surface area contributed by atoms with Gasteiger partial charge in [0.2, 0.25) is 71.1 Å². The molecule has 6 heterocycles. The maximum Gasteiger partial charge on any atom is 0.229 e. The normalized spacial score (nSPS) is 16.9. The average molecular weight is 2050 g/mol. The molecule has 9 saturated carbocycles.